The molecular formula is C13H13N3O2S. The Morgan fingerprint density at radius 1 is 1.21 bits per heavy atom. The maximum atomic E-state index is 10.7. The molecule has 0 saturated heterocycles. The summed E-state index contributed by atoms with van der Waals surface area (Å²) in [7, 11) is 1.63. The highest BCUT2D eigenvalue weighted by atomic mass is 32.2. The minimum Gasteiger partial charge on any atom is -0.497 e. The molecule has 98 valence electrons. The van der Waals surface area contributed by atoms with E-state index >= 15 is 0 Å². The summed E-state index contributed by atoms with van der Waals surface area (Å²) in [6, 6.07) is 7.64. The van der Waals surface area contributed by atoms with Gasteiger partial charge in [-0.05, 0) is 17.7 Å². The fraction of sp³-hybridized carbons (Fsp3) is 0.154. The molecular weight excluding hydrogens is 262 g/mol. The normalized spacial score (nSPS) is 10.2. The van der Waals surface area contributed by atoms with E-state index in [1.807, 2.05) is 24.3 Å². The topological polar surface area (TPSA) is 78.1 Å². The van der Waals surface area contributed by atoms with Gasteiger partial charge in [0.1, 0.15) is 5.75 Å². The number of amides is 1. The smallest absolute Gasteiger partial charge is 0.227 e. The van der Waals surface area contributed by atoms with Crippen LogP contribution >= 0.6 is 11.8 Å². The standard InChI is InChI=1S/C13H13N3O2S/c1-18-11-4-2-9(3-5-11)10-6-15-13(16-7-10)19-8-12(14)17/h2-7H,8H2,1H3,(H2,14,17). The second kappa shape index (κ2) is 6.19. The SMILES string of the molecule is COc1ccc(-c2cnc(SCC(N)=O)nc2)cc1. The molecule has 0 spiro atoms. The van der Waals surface area contributed by atoms with Crippen molar-refractivity contribution in [2.24, 2.45) is 5.73 Å². The Balaban J connectivity index is 2.10. The lowest BCUT2D eigenvalue weighted by Crippen LogP contribution is -2.13. The van der Waals surface area contributed by atoms with Gasteiger partial charge >= 0.3 is 0 Å². The Hall–Kier alpha value is -2.08. The van der Waals surface area contributed by atoms with E-state index in [1.54, 1.807) is 19.5 Å². The van der Waals surface area contributed by atoms with Gasteiger partial charge in [-0.25, -0.2) is 9.97 Å². The number of hydrogen-bond acceptors (Lipinski definition) is 5. The van der Waals surface area contributed by atoms with Crippen LogP contribution in [0.25, 0.3) is 11.1 Å². The van der Waals surface area contributed by atoms with E-state index in [-0.39, 0.29) is 11.7 Å². The number of primary amides is 1. The molecule has 1 amide bonds. The van der Waals surface area contributed by atoms with E-state index in [1.165, 1.54) is 11.8 Å². The minimum atomic E-state index is -0.382. The lowest BCUT2D eigenvalue weighted by Gasteiger charge is -2.04. The monoisotopic (exact) mass is 275 g/mol. The number of carbonyl (C=O) groups excluding carboxylic acids is 1. The second-order valence-corrected chi connectivity index (χ2v) is 4.68. The van der Waals surface area contributed by atoms with Gasteiger partial charge in [-0.3, -0.25) is 4.79 Å². The molecule has 0 aliphatic heterocycles. The Labute approximate surface area is 115 Å². The largest absolute Gasteiger partial charge is 0.497 e. The van der Waals surface area contributed by atoms with Crippen molar-refractivity contribution < 1.29 is 9.53 Å². The summed E-state index contributed by atoms with van der Waals surface area (Å²) >= 11 is 1.22. The molecule has 0 saturated carbocycles. The lowest BCUT2D eigenvalue weighted by molar-refractivity contribution is -0.115. The van der Waals surface area contributed by atoms with Crippen LogP contribution in [-0.2, 0) is 4.79 Å². The molecule has 1 heterocycles. The number of rotatable bonds is 5. The van der Waals surface area contributed by atoms with Crippen LogP contribution in [0.1, 0.15) is 0 Å². The Morgan fingerprint density at radius 2 is 1.84 bits per heavy atom. The average molecular weight is 275 g/mol. The van der Waals surface area contributed by atoms with Crippen molar-refractivity contribution in [3.05, 3.63) is 36.7 Å². The summed E-state index contributed by atoms with van der Waals surface area (Å²) in [6.07, 6.45) is 3.44. The zero-order valence-corrected chi connectivity index (χ0v) is 11.2. The number of hydrogen-bond donors (Lipinski definition) is 1. The van der Waals surface area contributed by atoms with Crippen LogP contribution in [-0.4, -0.2) is 28.7 Å². The van der Waals surface area contributed by atoms with E-state index in [0.717, 1.165) is 16.9 Å². The molecule has 2 rings (SSSR count). The van der Waals surface area contributed by atoms with Gasteiger partial charge in [-0.2, -0.15) is 0 Å². The van der Waals surface area contributed by atoms with Gasteiger partial charge in [-0.15, -0.1) is 0 Å². The molecule has 1 aromatic heterocycles. The van der Waals surface area contributed by atoms with E-state index < -0.39 is 0 Å². The van der Waals surface area contributed by atoms with Crippen molar-refractivity contribution in [1.29, 1.82) is 0 Å². The summed E-state index contributed by atoms with van der Waals surface area (Å²) in [6.45, 7) is 0. The van der Waals surface area contributed by atoms with Crippen molar-refractivity contribution in [3.8, 4) is 16.9 Å². The predicted molar refractivity (Wildman–Crippen MR) is 73.9 cm³/mol. The number of nitrogens with two attached hydrogens (primary N) is 1. The third-order valence-electron chi connectivity index (χ3n) is 2.40. The number of carbonyl (C=O) groups is 1. The third-order valence-corrected chi connectivity index (χ3v) is 3.29. The van der Waals surface area contributed by atoms with E-state index in [4.69, 9.17) is 10.5 Å². The summed E-state index contributed by atoms with van der Waals surface area (Å²) < 4.78 is 5.10. The summed E-state index contributed by atoms with van der Waals surface area (Å²) in [5, 5.41) is 0.538. The number of thioether (sulfide) groups is 1. The molecule has 1 aromatic carbocycles. The quantitative estimate of drug-likeness (QED) is 0.664. The Kier molecular flexibility index (Phi) is 4.35. The summed E-state index contributed by atoms with van der Waals surface area (Å²) in [4.78, 5) is 19.0. The fourth-order valence-corrected chi connectivity index (χ4v) is 1.98. The van der Waals surface area contributed by atoms with Gasteiger partial charge in [0.05, 0.1) is 12.9 Å². The maximum Gasteiger partial charge on any atom is 0.227 e. The molecule has 0 aliphatic carbocycles. The van der Waals surface area contributed by atoms with Crippen molar-refractivity contribution in [2.75, 3.05) is 12.9 Å². The van der Waals surface area contributed by atoms with Crippen molar-refractivity contribution in [2.45, 2.75) is 5.16 Å². The van der Waals surface area contributed by atoms with Crippen molar-refractivity contribution in [3.63, 3.8) is 0 Å². The number of methoxy groups -OCH3 is 1. The van der Waals surface area contributed by atoms with Crippen LogP contribution in [0.2, 0.25) is 0 Å². The zero-order valence-electron chi connectivity index (χ0n) is 10.4. The maximum absolute atomic E-state index is 10.7. The molecule has 0 bridgehead atoms. The molecule has 0 fully saturated rings. The van der Waals surface area contributed by atoms with E-state index in [0.29, 0.717) is 5.16 Å². The fourth-order valence-electron chi connectivity index (χ4n) is 1.46. The molecule has 0 radical (unpaired) electrons. The van der Waals surface area contributed by atoms with Gasteiger partial charge < -0.3 is 10.5 Å². The molecule has 0 atom stereocenters. The summed E-state index contributed by atoms with van der Waals surface area (Å²) in [5.41, 5.74) is 6.98. The number of ether oxygens (including phenoxy) is 1. The number of aromatic nitrogens is 2. The van der Waals surface area contributed by atoms with Gasteiger partial charge in [0.25, 0.3) is 0 Å². The molecule has 0 unspecified atom stereocenters. The van der Waals surface area contributed by atoms with E-state index in [9.17, 15) is 4.79 Å². The average Bonchev–Trinajstić information content (AvgIpc) is 2.46. The third kappa shape index (κ3) is 3.69. The van der Waals surface area contributed by atoms with Gasteiger partial charge in [0.2, 0.25) is 5.91 Å². The molecule has 5 nitrogen and oxygen atoms in total. The lowest BCUT2D eigenvalue weighted by atomic mass is 10.1. The first-order valence-corrected chi connectivity index (χ1v) is 6.55. The molecule has 0 aliphatic rings. The number of nitrogens with zero attached hydrogens (tertiary/aromatic N) is 2. The Morgan fingerprint density at radius 3 is 2.37 bits per heavy atom. The second-order valence-electron chi connectivity index (χ2n) is 3.74. The van der Waals surface area contributed by atoms with Gasteiger partial charge in [0.15, 0.2) is 5.16 Å². The van der Waals surface area contributed by atoms with Crippen LogP contribution in [0.4, 0.5) is 0 Å². The van der Waals surface area contributed by atoms with Crippen molar-refractivity contribution >= 4 is 17.7 Å². The first-order valence-electron chi connectivity index (χ1n) is 5.56. The first-order chi connectivity index (χ1) is 9.19. The zero-order chi connectivity index (χ0) is 13.7. The van der Waals surface area contributed by atoms with E-state index in [2.05, 4.69) is 9.97 Å². The highest BCUT2D eigenvalue weighted by Crippen LogP contribution is 2.22. The van der Waals surface area contributed by atoms with Crippen LogP contribution < -0.4 is 10.5 Å². The van der Waals surface area contributed by atoms with Crippen LogP contribution in [0.5, 0.6) is 5.75 Å². The molecule has 2 N–H and O–H groups in total. The van der Waals surface area contributed by atoms with Crippen molar-refractivity contribution in [1.82, 2.24) is 9.97 Å². The highest BCUT2D eigenvalue weighted by Gasteiger charge is 2.03. The van der Waals surface area contributed by atoms with Gasteiger partial charge in [0, 0.05) is 18.0 Å². The Bertz CT molecular complexity index is 555. The molecule has 19 heavy (non-hydrogen) atoms. The summed E-state index contributed by atoms with van der Waals surface area (Å²) in [5.74, 6) is 0.605. The van der Waals surface area contributed by atoms with Crippen LogP contribution in [0, 0.1) is 0 Å². The van der Waals surface area contributed by atoms with Crippen LogP contribution in [0.15, 0.2) is 41.8 Å². The number of benzene rings is 1. The first kappa shape index (κ1) is 13.4. The van der Waals surface area contributed by atoms with Gasteiger partial charge in [-0.1, -0.05) is 23.9 Å². The minimum absolute atomic E-state index is 0.182. The highest BCUT2D eigenvalue weighted by molar-refractivity contribution is 7.99. The molecule has 6 heteroatoms. The molecule has 2 aromatic rings. The van der Waals surface area contributed by atoms with Crippen LogP contribution in [0.3, 0.4) is 0 Å². The predicted octanol–water partition coefficient (Wildman–Crippen LogP) is 1.73.